The molecule has 0 saturated carbocycles. The first-order valence-corrected chi connectivity index (χ1v) is 3.85. The zero-order valence-electron chi connectivity index (χ0n) is 7.57. The first-order valence-electron chi connectivity index (χ1n) is 4.35. The van der Waals surface area contributed by atoms with Gasteiger partial charge in [-0.15, -0.1) is 0 Å². The van der Waals surface area contributed by atoms with Crippen LogP contribution in [0.25, 0.3) is 11.3 Å². The fraction of sp³-hybridized carbons (Fsp3) is 0. The first kappa shape index (κ1) is 5.95. The highest BCUT2D eigenvalue weighted by Crippen LogP contribution is 2.14. The molecule has 1 aromatic heterocycles. The van der Waals surface area contributed by atoms with E-state index in [1.54, 1.807) is 18.3 Å². The third-order valence-corrected chi connectivity index (χ3v) is 1.65. The molecule has 0 radical (unpaired) electrons. The molecule has 2 rings (SSSR count). The summed E-state index contributed by atoms with van der Waals surface area (Å²) in [6, 6.07) is 13.8. The summed E-state index contributed by atoms with van der Waals surface area (Å²) in [5.74, 6) is 0. The highest BCUT2D eigenvalue weighted by Gasteiger charge is 1.93. The van der Waals surface area contributed by atoms with Crippen molar-refractivity contribution in [3.8, 4) is 11.3 Å². The van der Waals surface area contributed by atoms with Crippen LogP contribution in [0.3, 0.4) is 0 Å². The van der Waals surface area contributed by atoms with Crippen molar-refractivity contribution < 1.29 is 1.37 Å². The van der Waals surface area contributed by atoms with E-state index in [4.69, 9.17) is 1.37 Å². The number of pyridine rings is 1. The Morgan fingerprint density at radius 1 is 1.00 bits per heavy atom. The minimum absolute atomic E-state index is 0.466. The molecule has 0 amide bonds. The quantitative estimate of drug-likeness (QED) is 0.618. The van der Waals surface area contributed by atoms with Crippen LogP contribution in [0.15, 0.2) is 54.7 Å². The number of hydrogen-bond acceptors (Lipinski definition) is 1. The summed E-state index contributed by atoms with van der Waals surface area (Å²) in [5, 5.41) is 0. The van der Waals surface area contributed by atoms with E-state index in [0.29, 0.717) is 6.04 Å². The zero-order chi connectivity index (χ0) is 9.10. The molecule has 1 heteroatoms. The Morgan fingerprint density at radius 2 is 1.83 bits per heavy atom. The number of aromatic nitrogens is 1. The largest absolute Gasteiger partial charge is 0.256 e. The summed E-state index contributed by atoms with van der Waals surface area (Å²) >= 11 is 0. The van der Waals surface area contributed by atoms with Gasteiger partial charge in [0.1, 0.15) is 0 Å². The monoisotopic (exact) mass is 156 g/mol. The van der Waals surface area contributed by atoms with Gasteiger partial charge in [-0.25, -0.2) is 0 Å². The summed E-state index contributed by atoms with van der Waals surface area (Å²) in [6.45, 7) is 0. The summed E-state index contributed by atoms with van der Waals surface area (Å²) in [6.07, 6.45) is 1.71. The molecule has 1 aromatic carbocycles. The van der Waals surface area contributed by atoms with E-state index >= 15 is 0 Å². The Bertz CT molecular complexity index is 398. The minimum Gasteiger partial charge on any atom is -0.256 e. The van der Waals surface area contributed by atoms with E-state index in [9.17, 15) is 0 Å². The van der Waals surface area contributed by atoms with Crippen molar-refractivity contribution in [2.75, 3.05) is 0 Å². The minimum atomic E-state index is 0.466. The fourth-order valence-corrected chi connectivity index (χ4v) is 1.08. The number of benzene rings is 1. The van der Waals surface area contributed by atoms with Crippen LogP contribution < -0.4 is 0 Å². The van der Waals surface area contributed by atoms with E-state index in [1.807, 2.05) is 30.3 Å². The molecule has 0 N–H and O–H groups in total. The molecule has 2 aromatic rings. The second kappa shape index (κ2) is 3.18. The van der Waals surface area contributed by atoms with E-state index < -0.39 is 0 Å². The molecule has 0 fully saturated rings. The molecule has 0 aliphatic rings. The molecule has 0 saturated heterocycles. The molecule has 12 heavy (non-hydrogen) atoms. The van der Waals surface area contributed by atoms with Crippen LogP contribution in [-0.4, -0.2) is 4.98 Å². The SMILES string of the molecule is [2H]c1cccnc1-c1ccccc1. The third kappa shape index (κ3) is 1.35. The molecule has 0 unspecified atom stereocenters. The molecule has 1 nitrogen and oxygen atoms in total. The summed E-state index contributed by atoms with van der Waals surface area (Å²) < 4.78 is 7.65. The third-order valence-electron chi connectivity index (χ3n) is 1.65. The van der Waals surface area contributed by atoms with Crippen molar-refractivity contribution in [3.63, 3.8) is 0 Å². The van der Waals surface area contributed by atoms with Gasteiger partial charge in [0, 0.05) is 11.8 Å². The van der Waals surface area contributed by atoms with Crippen molar-refractivity contribution in [3.05, 3.63) is 54.7 Å². The van der Waals surface area contributed by atoms with Crippen LogP contribution in [-0.2, 0) is 0 Å². The molecular weight excluding hydrogens is 146 g/mol. The average molecular weight is 156 g/mol. The van der Waals surface area contributed by atoms with Crippen LogP contribution in [0.2, 0.25) is 0 Å². The fourth-order valence-electron chi connectivity index (χ4n) is 1.08. The van der Waals surface area contributed by atoms with Crippen LogP contribution in [0.5, 0.6) is 0 Å². The second-order valence-electron chi connectivity index (χ2n) is 2.50. The Balaban J connectivity index is 2.54. The maximum absolute atomic E-state index is 7.65. The maximum atomic E-state index is 7.65. The van der Waals surface area contributed by atoms with Crippen molar-refractivity contribution in [2.45, 2.75) is 0 Å². The van der Waals surface area contributed by atoms with Crippen molar-refractivity contribution >= 4 is 0 Å². The van der Waals surface area contributed by atoms with Gasteiger partial charge in [0.2, 0.25) is 0 Å². The Labute approximate surface area is 73.1 Å². The van der Waals surface area contributed by atoms with Crippen molar-refractivity contribution in [1.82, 2.24) is 4.98 Å². The molecule has 1 heterocycles. The molecule has 0 aliphatic carbocycles. The number of nitrogens with zero attached hydrogens (tertiary/aromatic N) is 1. The maximum Gasteiger partial charge on any atom is 0.0701 e. The average Bonchev–Trinajstić information content (AvgIpc) is 2.20. The van der Waals surface area contributed by atoms with Crippen molar-refractivity contribution in [2.24, 2.45) is 0 Å². The molecule has 0 bridgehead atoms. The molecule has 0 aliphatic heterocycles. The lowest BCUT2D eigenvalue weighted by molar-refractivity contribution is 1.33. The highest BCUT2D eigenvalue weighted by molar-refractivity contribution is 5.58. The van der Waals surface area contributed by atoms with Gasteiger partial charge in [0.25, 0.3) is 0 Å². The van der Waals surface area contributed by atoms with Gasteiger partial charge >= 0.3 is 0 Å². The Hall–Kier alpha value is -1.63. The smallest absolute Gasteiger partial charge is 0.0701 e. The predicted octanol–water partition coefficient (Wildman–Crippen LogP) is 2.75. The van der Waals surface area contributed by atoms with Gasteiger partial charge in [0.15, 0.2) is 0 Å². The molecular formula is C11H9N. The summed E-state index contributed by atoms with van der Waals surface area (Å²) in [7, 11) is 0. The van der Waals surface area contributed by atoms with E-state index in [-0.39, 0.29) is 0 Å². The summed E-state index contributed by atoms with van der Waals surface area (Å²) in [4.78, 5) is 4.16. The van der Waals surface area contributed by atoms with Gasteiger partial charge in [-0.1, -0.05) is 36.4 Å². The van der Waals surface area contributed by atoms with Gasteiger partial charge in [-0.05, 0) is 12.1 Å². The van der Waals surface area contributed by atoms with E-state index in [2.05, 4.69) is 4.98 Å². The molecule has 58 valence electrons. The van der Waals surface area contributed by atoms with Crippen LogP contribution >= 0.6 is 0 Å². The van der Waals surface area contributed by atoms with E-state index in [1.165, 1.54) is 0 Å². The molecule has 0 spiro atoms. The number of hydrogen-bond donors (Lipinski definition) is 0. The van der Waals surface area contributed by atoms with Gasteiger partial charge in [-0.2, -0.15) is 0 Å². The molecule has 0 atom stereocenters. The normalized spacial score (nSPS) is 10.8. The van der Waals surface area contributed by atoms with Gasteiger partial charge in [0.05, 0.1) is 7.06 Å². The lowest BCUT2D eigenvalue weighted by Gasteiger charge is -1.97. The second-order valence-corrected chi connectivity index (χ2v) is 2.50. The van der Waals surface area contributed by atoms with Crippen LogP contribution in [0.1, 0.15) is 1.37 Å². The zero-order valence-corrected chi connectivity index (χ0v) is 6.57. The summed E-state index contributed by atoms with van der Waals surface area (Å²) in [5.41, 5.74) is 1.73. The van der Waals surface area contributed by atoms with Gasteiger partial charge in [-0.3, -0.25) is 4.98 Å². The number of rotatable bonds is 1. The van der Waals surface area contributed by atoms with E-state index in [0.717, 1.165) is 11.3 Å². The lowest BCUT2D eigenvalue weighted by Crippen LogP contribution is -1.79. The Morgan fingerprint density at radius 3 is 2.58 bits per heavy atom. The lowest BCUT2D eigenvalue weighted by atomic mass is 10.1. The topological polar surface area (TPSA) is 12.9 Å². The highest BCUT2D eigenvalue weighted by atomic mass is 14.7. The van der Waals surface area contributed by atoms with Crippen LogP contribution in [0.4, 0.5) is 0 Å². The predicted molar refractivity (Wildman–Crippen MR) is 49.7 cm³/mol. The Kier molecular flexibility index (Phi) is 1.58. The van der Waals surface area contributed by atoms with Crippen molar-refractivity contribution in [1.29, 1.82) is 0 Å². The van der Waals surface area contributed by atoms with Crippen LogP contribution in [0, 0.1) is 0 Å². The van der Waals surface area contributed by atoms with Gasteiger partial charge < -0.3 is 0 Å². The first-order chi connectivity index (χ1) is 6.38. The standard InChI is InChI=1S/C11H9N/c1-2-6-10(7-3-1)11-8-4-5-9-12-11/h1-9H/i8D.